The van der Waals surface area contributed by atoms with E-state index in [9.17, 15) is 9.59 Å². The molecule has 0 aromatic heterocycles. The van der Waals surface area contributed by atoms with Crippen molar-refractivity contribution in [3.8, 4) is 5.75 Å². The summed E-state index contributed by atoms with van der Waals surface area (Å²) in [4.78, 5) is 23.9. The molecule has 1 saturated heterocycles. The van der Waals surface area contributed by atoms with Crippen LogP contribution in [0.2, 0.25) is 0 Å². The first-order chi connectivity index (χ1) is 10.3. The maximum atomic E-state index is 12.1. The van der Waals surface area contributed by atoms with Gasteiger partial charge in [-0.3, -0.25) is 9.59 Å². The van der Waals surface area contributed by atoms with E-state index in [1.165, 1.54) is 0 Å². The largest absolute Gasteiger partial charge is 0.497 e. The molecule has 2 N–H and O–H groups in total. The van der Waals surface area contributed by atoms with Crippen LogP contribution in [0.15, 0.2) is 24.3 Å². The van der Waals surface area contributed by atoms with Gasteiger partial charge in [0.15, 0.2) is 0 Å². The van der Waals surface area contributed by atoms with Gasteiger partial charge in [0, 0.05) is 10.5 Å². The molecule has 0 unspecified atom stereocenters. The molecule has 0 bridgehead atoms. The third kappa shape index (κ3) is 3.74. The smallest absolute Gasteiger partial charge is 0.244 e. The Labute approximate surface area is 135 Å². The molecule has 2 amide bonds. The van der Waals surface area contributed by atoms with E-state index >= 15 is 0 Å². The van der Waals surface area contributed by atoms with Crippen molar-refractivity contribution >= 4 is 23.6 Å². The number of benzene rings is 1. The molecule has 0 radical (unpaired) electrons. The van der Waals surface area contributed by atoms with Gasteiger partial charge >= 0.3 is 0 Å². The Morgan fingerprint density at radius 1 is 1.14 bits per heavy atom. The normalized spacial score (nSPS) is 22.0. The molecule has 120 valence electrons. The van der Waals surface area contributed by atoms with E-state index in [-0.39, 0.29) is 11.8 Å². The molecule has 1 heterocycles. The van der Waals surface area contributed by atoms with Gasteiger partial charge in [0.2, 0.25) is 11.8 Å². The third-order valence-electron chi connectivity index (χ3n) is 3.77. The minimum atomic E-state index is -0.528. The van der Waals surface area contributed by atoms with Crippen molar-refractivity contribution in [2.75, 3.05) is 7.11 Å². The van der Waals surface area contributed by atoms with Crippen LogP contribution in [0.3, 0.4) is 0 Å². The highest BCUT2D eigenvalue weighted by Gasteiger charge is 2.41. The number of rotatable bonds is 5. The summed E-state index contributed by atoms with van der Waals surface area (Å²) in [6.45, 7) is 5.63. The molecule has 0 aliphatic carbocycles. The van der Waals surface area contributed by atoms with Gasteiger partial charge in [0.1, 0.15) is 17.8 Å². The lowest BCUT2D eigenvalue weighted by atomic mass is 9.99. The Morgan fingerprint density at radius 2 is 1.77 bits per heavy atom. The van der Waals surface area contributed by atoms with Crippen molar-refractivity contribution in [2.24, 2.45) is 0 Å². The number of hydrogen-bond donors (Lipinski definition) is 2. The third-order valence-corrected chi connectivity index (χ3v) is 5.22. The molecule has 1 aromatic rings. The molecule has 1 aliphatic rings. The van der Waals surface area contributed by atoms with E-state index in [2.05, 4.69) is 10.6 Å². The first-order valence-corrected chi connectivity index (χ1v) is 8.19. The molecule has 1 aromatic carbocycles. The zero-order valence-electron chi connectivity index (χ0n) is 13.3. The number of carbonyl (C=O) groups excluding carboxylic acids is 2. The van der Waals surface area contributed by atoms with Gasteiger partial charge in [-0.1, -0.05) is 12.1 Å². The fourth-order valence-electron chi connectivity index (χ4n) is 2.26. The molecule has 2 atom stereocenters. The second-order valence-corrected chi connectivity index (χ2v) is 7.54. The summed E-state index contributed by atoms with van der Waals surface area (Å²) in [6, 6.07) is 6.84. The molecule has 6 heteroatoms. The van der Waals surface area contributed by atoms with Gasteiger partial charge in [-0.15, -0.1) is 11.8 Å². The van der Waals surface area contributed by atoms with Crippen LogP contribution in [0, 0.1) is 0 Å². The highest BCUT2D eigenvalue weighted by molar-refractivity contribution is 7.99. The summed E-state index contributed by atoms with van der Waals surface area (Å²) in [6.07, 6.45) is 0. The predicted octanol–water partition coefficient (Wildman–Crippen LogP) is 1.71. The molecule has 0 spiro atoms. The fraction of sp³-hybridized carbons (Fsp3) is 0.500. The van der Waals surface area contributed by atoms with Crippen LogP contribution in [-0.2, 0) is 15.3 Å². The quantitative estimate of drug-likeness (QED) is 0.866. The van der Waals surface area contributed by atoms with E-state index in [1.807, 2.05) is 38.1 Å². The van der Waals surface area contributed by atoms with Crippen LogP contribution in [0.1, 0.15) is 26.3 Å². The Hall–Kier alpha value is -1.69. The van der Waals surface area contributed by atoms with E-state index < -0.39 is 16.8 Å². The topological polar surface area (TPSA) is 67.4 Å². The highest BCUT2D eigenvalue weighted by atomic mass is 32.2. The number of methoxy groups -OCH3 is 1. The second-order valence-electron chi connectivity index (χ2n) is 5.91. The maximum Gasteiger partial charge on any atom is 0.244 e. The Bertz CT molecular complexity index is 557. The lowest BCUT2D eigenvalue weighted by molar-refractivity contribution is -0.136. The fourth-order valence-corrected chi connectivity index (χ4v) is 3.32. The van der Waals surface area contributed by atoms with Gasteiger partial charge in [0.25, 0.3) is 0 Å². The second kappa shape index (κ2) is 6.60. The number of carbonyl (C=O) groups is 2. The molecule has 22 heavy (non-hydrogen) atoms. The Balaban J connectivity index is 2.00. The minimum Gasteiger partial charge on any atom is -0.497 e. The van der Waals surface area contributed by atoms with E-state index in [0.717, 1.165) is 17.1 Å². The van der Waals surface area contributed by atoms with Gasteiger partial charge < -0.3 is 15.4 Å². The van der Waals surface area contributed by atoms with Crippen LogP contribution in [-0.4, -0.2) is 35.8 Å². The van der Waals surface area contributed by atoms with Crippen molar-refractivity contribution in [1.82, 2.24) is 10.6 Å². The van der Waals surface area contributed by atoms with E-state index in [1.54, 1.807) is 25.8 Å². The first-order valence-electron chi connectivity index (χ1n) is 7.21. The van der Waals surface area contributed by atoms with Gasteiger partial charge in [-0.2, -0.15) is 0 Å². The summed E-state index contributed by atoms with van der Waals surface area (Å²) >= 11 is 1.64. The zero-order chi connectivity index (χ0) is 16.3. The zero-order valence-corrected chi connectivity index (χ0v) is 14.1. The first kappa shape index (κ1) is 16.7. The van der Waals surface area contributed by atoms with Crippen LogP contribution in [0.4, 0.5) is 0 Å². The van der Waals surface area contributed by atoms with Crippen molar-refractivity contribution < 1.29 is 14.3 Å². The standard InChI is InChI=1S/C16H22N2O3S/c1-10-14(19)18-13(15(20)17-10)16(2,3)22-9-11-5-7-12(21-4)8-6-11/h5-8,10,13H,9H2,1-4H3,(H,17,20)(H,18,19)/t10-,13-/m0/s1. The number of hydrogen-bond acceptors (Lipinski definition) is 4. The molecular formula is C16H22N2O3S. The molecular weight excluding hydrogens is 300 g/mol. The monoisotopic (exact) mass is 322 g/mol. The van der Waals surface area contributed by atoms with Crippen LogP contribution in [0.25, 0.3) is 0 Å². The molecule has 1 fully saturated rings. The van der Waals surface area contributed by atoms with Crippen LogP contribution < -0.4 is 15.4 Å². The average molecular weight is 322 g/mol. The molecule has 0 saturated carbocycles. The highest BCUT2D eigenvalue weighted by Crippen LogP contribution is 2.32. The van der Waals surface area contributed by atoms with Crippen molar-refractivity contribution in [3.63, 3.8) is 0 Å². The minimum absolute atomic E-state index is 0.126. The summed E-state index contributed by atoms with van der Waals surface area (Å²) < 4.78 is 4.74. The number of piperazine rings is 1. The Morgan fingerprint density at radius 3 is 2.36 bits per heavy atom. The number of nitrogens with one attached hydrogen (secondary N) is 2. The van der Waals surface area contributed by atoms with Crippen molar-refractivity contribution in [2.45, 2.75) is 43.4 Å². The van der Waals surface area contributed by atoms with Crippen LogP contribution in [0.5, 0.6) is 5.75 Å². The lowest BCUT2D eigenvalue weighted by Gasteiger charge is -2.37. The number of ether oxygens (including phenoxy) is 1. The van der Waals surface area contributed by atoms with Gasteiger partial charge in [-0.25, -0.2) is 0 Å². The van der Waals surface area contributed by atoms with Gasteiger partial charge in [0.05, 0.1) is 7.11 Å². The van der Waals surface area contributed by atoms with Crippen molar-refractivity contribution in [3.05, 3.63) is 29.8 Å². The average Bonchev–Trinajstić information content (AvgIpc) is 2.49. The summed E-state index contributed by atoms with van der Waals surface area (Å²) in [7, 11) is 1.64. The Kier molecular flexibility index (Phi) is 5.01. The maximum absolute atomic E-state index is 12.1. The summed E-state index contributed by atoms with van der Waals surface area (Å²) in [5.41, 5.74) is 1.15. The van der Waals surface area contributed by atoms with E-state index in [0.29, 0.717) is 0 Å². The van der Waals surface area contributed by atoms with Crippen LogP contribution >= 0.6 is 11.8 Å². The SMILES string of the molecule is COc1ccc(CSC(C)(C)[C@H]2NC(=O)[C@H](C)NC2=O)cc1. The lowest BCUT2D eigenvalue weighted by Crippen LogP contribution is -2.66. The molecule has 2 rings (SSSR count). The molecule has 5 nitrogen and oxygen atoms in total. The van der Waals surface area contributed by atoms with Gasteiger partial charge in [-0.05, 0) is 38.5 Å². The summed E-state index contributed by atoms with van der Waals surface area (Å²) in [5.74, 6) is 1.31. The summed E-state index contributed by atoms with van der Waals surface area (Å²) in [5, 5.41) is 5.54. The van der Waals surface area contributed by atoms with Crippen molar-refractivity contribution in [1.29, 1.82) is 0 Å². The predicted molar refractivity (Wildman–Crippen MR) is 87.9 cm³/mol. The molecule has 1 aliphatic heterocycles. The number of amides is 2. The van der Waals surface area contributed by atoms with E-state index in [4.69, 9.17) is 4.74 Å². The number of thioether (sulfide) groups is 1.